The second kappa shape index (κ2) is 5.87. The molecule has 1 saturated heterocycles. The maximum Gasteiger partial charge on any atom is 0.321 e. The zero-order valence-electron chi connectivity index (χ0n) is 11.1. The molecule has 1 heterocycles. The van der Waals surface area contributed by atoms with Crippen molar-refractivity contribution in [2.75, 3.05) is 38.5 Å². The lowest BCUT2D eigenvalue weighted by Crippen LogP contribution is -2.48. The zero-order valence-corrected chi connectivity index (χ0v) is 11.1. The van der Waals surface area contributed by atoms with Gasteiger partial charge in [-0.15, -0.1) is 0 Å². The predicted octanol–water partition coefficient (Wildman–Crippen LogP) is 2.03. The van der Waals surface area contributed by atoms with Crippen molar-refractivity contribution in [2.45, 2.75) is 13.3 Å². The normalized spacial score (nSPS) is 16.7. The molecule has 1 N–H and O–H groups in total. The lowest BCUT2D eigenvalue weighted by molar-refractivity contribution is 0.164. The van der Waals surface area contributed by atoms with Crippen LogP contribution in [-0.4, -0.2) is 49.1 Å². The van der Waals surface area contributed by atoms with Crippen LogP contribution in [0.5, 0.6) is 0 Å². The summed E-state index contributed by atoms with van der Waals surface area (Å²) in [5, 5.41) is 2.97. The average Bonchev–Trinajstić information content (AvgIpc) is 2.39. The Morgan fingerprint density at radius 2 is 2.00 bits per heavy atom. The molecule has 0 radical (unpaired) electrons. The first-order chi connectivity index (χ1) is 8.69. The summed E-state index contributed by atoms with van der Waals surface area (Å²) in [6.45, 7) is 5.61. The van der Waals surface area contributed by atoms with Gasteiger partial charge in [0.1, 0.15) is 0 Å². The highest BCUT2D eigenvalue weighted by molar-refractivity contribution is 5.89. The first-order valence-electron chi connectivity index (χ1n) is 6.52. The number of urea groups is 1. The molecule has 98 valence electrons. The lowest BCUT2D eigenvalue weighted by atomic mass is 10.1. The fourth-order valence-electron chi connectivity index (χ4n) is 2.08. The van der Waals surface area contributed by atoms with Crippen LogP contribution in [0.3, 0.4) is 0 Å². The summed E-state index contributed by atoms with van der Waals surface area (Å²) in [7, 11) is 2.08. The van der Waals surface area contributed by atoms with Crippen molar-refractivity contribution in [3.05, 3.63) is 29.8 Å². The summed E-state index contributed by atoms with van der Waals surface area (Å²) in [4.78, 5) is 16.2. The summed E-state index contributed by atoms with van der Waals surface area (Å²) in [6, 6.07) is 8.04. The van der Waals surface area contributed by atoms with E-state index in [0.29, 0.717) is 0 Å². The Bertz CT molecular complexity index is 411. The summed E-state index contributed by atoms with van der Waals surface area (Å²) in [5.41, 5.74) is 2.13. The van der Waals surface area contributed by atoms with Crippen LogP contribution in [0.15, 0.2) is 24.3 Å². The van der Waals surface area contributed by atoms with Gasteiger partial charge in [0.15, 0.2) is 0 Å². The SMILES string of the molecule is CCc1cccc(NC(=O)N2CCN(C)CC2)c1. The number of piperazine rings is 1. The lowest BCUT2D eigenvalue weighted by Gasteiger charge is -2.32. The number of hydrogen-bond acceptors (Lipinski definition) is 2. The second-order valence-corrected chi connectivity index (χ2v) is 4.77. The number of benzene rings is 1. The molecule has 18 heavy (non-hydrogen) atoms. The number of hydrogen-bond donors (Lipinski definition) is 1. The topological polar surface area (TPSA) is 35.6 Å². The minimum Gasteiger partial charge on any atom is -0.322 e. The molecule has 1 aliphatic rings. The highest BCUT2D eigenvalue weighted by Gasteiger charge is 2.18. The van der Waals surface area contributed by atoms with Gasteiger partial charge in [-0.1, -0.05) is 19.1 Å². The van der Waals surface area contributed by atoms with Crippen molar-refractivity contribution in [1.29, 1.82) is 0 Å². The van der Waals surface area contributed by atoms with E-state index in [0.717, 1.165) is 38.3 Å². The van der Waals surface area contributed by atoms with Crippen molar-refractivity contribution in [1.82, 2.24) is 9.80 Å². The van der Waals surface area contributed by atoms with E-state index in [2.05, 4.69) is 30.3 Å². The Balaban J connectivity index is 1.94. The van der Waals surface area contributed by atoms with Crippen LogP contribution in [0.2, 0.25) is 0 Å². The Morgan fingerprint density at radius 3 is 2.67 bits per heavy atom. The summed E-state index contributed by atoms with van der Waals surface area (Å²) in [5.74, 6) is 0. The Kier molecular flexibility index (Phi) is 4.20. The summed E-state index contributed by atoms with van der Waals surface area (Å²) < 4.78 is 0. The van der Waals surface area contributed by atoms with E-state index < -0.39 is 0 Å². The quantitative estimate of drug-likeness (QED) is 0.868. The molecule has 2 rings (SSSR count). The Hall–Kier alpha value is -1.55. The maximum atomic E-state index is 12.1. The van der Waals surface area contributed by atoms with Gasteiger partial charge in [0.05, 0.1) is 0 Å². The average molecular weight is 247 g/mol. The Labute approximate surface area is 109 Å². The van der Waals surface area contributed by atoms with E-state index in [-0.39, 0.29) is 6.03 Å². The molecule has 1 fully saturated rings. The zero-order chi connectivity index (χ0) is 13.0. The number of carbonyl (C=O) groups excluding carboxylic acids is 1. The smallest absolute Gasteiger partial charge is 0.321 e. The monoisotopic (exact) mass is 247 g/mol. The van der Waals surface area contributed by atoms with Crippen LogP contribution in [-0.2, 0) is 6.42 Å². The first-order valence-corrected chi connectivity index (χ1v) is 6.52. The predicted molar refractivity (Wildman–Crippen MR) is 73.9 cm³/mol. The van der Waals surface area contributed by atoms with Gasteiger partial charge in [-0.25, -0.2) is 4.79 Å². The number of likely N-dealkylation sites (N-methyl/N-ethyl adjacent to an activating group) is 1. The van der Waals surface area contributed by atoms with Gasteiger partial charge >= 0.3 is 6.03 Å². The van der Waals surface area contributed by atoms with E-state index in [4.69, 9.17) is 0 Å². The molecule has 0 bridgehead atoms. The van der Waals surface area contributed by atoms with E-state index in [9.17, 15) is 4.79 Å². The molecule has 0 spiro atoms. The van der Waals surface area contributed by atoms with Gasteiger partial charge in [-0.3, -0.25) is 0 Å². The number of amides is 2. The second-order valence-electron chi connectivity index (χ2n) is 4.77. The molecule has 1 aromatic carbocycles. The molecular weight excluding hydrogens is 226 g/mol. The molecule has 2 amide bonds. The summed E-state index contributed by atoms with van der Waals surface area (Å²) in [6.07, 6.45) is 0.984. The van der Waals surface area contributed by atoms with Crippen LogP contribution in [0.25, 0.3) is 0 Å². The van der Waals surface area contributed by atoms with Gasteiger partial charge in [0.25, 0.3) is 0 Å². The third-order valence-electron chi connectivity index (χ3n) is 3.38. The molecule has 0 atom stereocenters. The standard InChI is InChI=1S/C14H21N3O/c1-3-12-5-4-6-13(11-12)15-14(18)17-9-7-16(2)8-10-17/h4-6,11H,3,7-10H2,1-2H3,(H,15,18). The van der Waals surface area contributed by atoms with Crippen molar-refractivity contribution in [3.8, 4) is 0 Å². The number of aryl methyl sites for hydroxylation is 1. The maximum absolute atomic E-state index is 12.1. The number of carbonyl (C=O) groups is 1. The van der Waals surface area contributed by atoms with E-state index in [1.54, 1.807) is 0 Å². The third-order valence-corrected chi connectivity index (χ3v) is 3.38. The number of nitrogens with zero attached hydrogens (tertiary/aromatic N) is 2. The van der Waals surface area contributed by atoms with Crippen molar-refractivity contribution in [2.24, 2.45) is 0 Å². The van der Waals surface area contributed by atoms with Crippen LogP contribution in [0, 0.1) is 0 Å². The minimum absolute atomic E-state index is 0.0105. The number of rotatable bonds is 2. The van der Waals surface area contributed by atoms with Crippen LogP contribution in [0.1, 0.15) is 12.5 Å². The minimum atomic E-state index is 0.0105. The first kappa shape index (κ1) is 12.9. The third kappa shape index (κ3) is 3.23. The number of nitrogens with one attached hydrogen (secondary N) is 1. The molecule has 0 aliphatic carbocycles. The van der Waals surface area contributed by atoms with Gasteiger partial charge < -0.3 is 15.1 Å². The molecule has 0 unspecified atom stereocenters. The van der Waals surface area contributed by atoms with Gasteiger partial charge in [0.2, 0.25) is 0 Å². The Morgan fingerprint density at radius 1 is 1.28 bits per heavy atom. The highest BCUT2D eigenvalue weighted by atomic mass is 16.2. The van der Waals surface area contributed by atoms with Crippen LogP contribution in [0.4, 0.5) is 10.5 Å². The molecule has 4 nitrogen and oxygen atoms in total. The molecule has 0 saturated carbocycles. The van der Waals surface area contributed by atoms with Gasteiger partial charge in [-0.2, -0.15) is 0 Å². The van der Waals surface area contributed by atoms with Crippen LogP contribution >= 0.6 is 0 Å². The fraction of sp³-hybridized carbons (Fsp3) is 0.500. The molecule has 0 aromatic heterocycles. The summed E-state index contributed by atoms with van der Waals surface area (Å²) >= 11 is 0. The molecule has 4 heteroatoms. The van der Waals surface area contributed by atoms with Crippen molar-refractivity contribution >= 4 is 11.7 Å². The highest BCUT2D eigenvalue weighted by Crippen LogP contribution is 2.12. The van der Waals surface area contributed by atoms with Crippen LogP contribution < -0.4 is 5.32 Å². The largest absolute Gasteiger partial charge is 0.322 e. The molecular formula is C14H21N3O. The van der Waals surface area contributed by atoms with Crippen molar-refractivity contribution < 1.29 is 4.79 Å². The van der Waals surface area contributed by atoms with Gasteiger partial charge in [0, 0.05) is 31.9 Å². The van der Waals surface area contributed by atoms with Gasteiger partial charge in [-0.05, 0) is 31.2 Å². The van der Waals surface area contributed by atoms with E-state index in [1.165, 1.54) is 5.56 Å². The van der Waals surface area contributed by atoms with E-state index >= 15 is 0 Å². The van der Waals surface area contributed by atoms with E-state index in [1.807, 2.05) is 23.1 Å². The fourth-order valence-corrected chi connectivity index (χ4v) is 2.08. The molecule has 1 aliphatic heterocycles. The number of anilines is 1. The molecule has 1 aromatic rings. The van der Waals surface area contributed by atoms with Crippen molar-refractivity contribution in [3.63, 3.8) is 0 Å².